The van der Waals surface area contributed by atoms with Crippen LogP contribution in [0.1, 0.15) is 17.7 Å². The van der Waals surface area contributed by atoms with Crippen LogP contribution in [0.15, 0.2) is 34.1 Å². The Labute approximate surface area is 178 Å². The molecule has 1 aromatic carbocycles. The normalized spacial score (nSPS) is 16.4. The van der Waals surface area contributed by atoms with Gasteiger partial charge in [0.15, 0.2) is 0 Å². The highest BCUT2D eigenvalue weighted by Gasteiger charge is 2.23. The first-order valence-electron chi connectivity index (χ1n) is 10.2. The van der Waals surface area contributed by atoms with Crippen LogP contribution >= 0.6 is 11.8 Å². The number of nitrogens with zero attached hydrogens (tertiary/aromatic N) is 3. The summed E-state index contributed by atoms with van der Waals surface area (Å²) in [6, 6.07) is 5.63. The number of amides is 1. The monoisotopic (exact) mass is 432 g/mol. The van der Waals surface area contributed by atoms with E-state index in [1.165, 1.54) is 36.0 Å². The molecule has 0 bridgehead atoms. The lowest BCUT2D eigenvalue weighted by atomic mass is 10.2. The number of morpholine rings is 1. The Hall–Kier alpha value is -2.23. The van der Waals surface area contributed by atoms with Gasteiger partial charge in [-0.05, 0) is 43.5 Å². The molecule has 2 heterocycles. The highest BCUT2D eigenvalue weighted by atomic mass is 32.2. The first-order valence-corrected chi connectivity index (χ1v) is 11.2. The first kappa shape index (κ1) is 21.0. The summed E-state index contributed by atoms with van der Waals surface area (Å²) in [5.41, 5.74) is 2.45. The van der Waals surface area contributed by atoms with Crippen LogP contribution in [0.25, 0.3) is 0 Å². The van der Waals surface area contributed by atoms with E-state index in [4.69, 9.17) is 4.74 Å². The van der Waals surface area contributed by atoms with E-state index in [-0.39, 0.29) is 23.2 Å². The average Bonchev–Trinajstić information content (AvgIpc) is 3.24. The van der Waals surface area contributed by atoms with Crippen LogP contribution in [-0.4, -0.2) is 59.0 Å². The number of thioether (sulfide) groups is 1. The predicted octanol–water partition coefficient (Wildman–Crippen LogP) is 1.93. The third kappa shape index (κ3) is 5.08. The number of aromatic nitrogens is 2. The van der Waals surface area contributed by atoms with Crippen molar-refractivity contribution in [2.24, 2.45) is 0 Å². The number of hydrogen-bond donors (Lipinski definition) is 1. The van der Waals surface area contributed by atoms with Gasteiger partial charge in [0.25, 0.3) is 0 Å². The van der Waals surface area contributed by atoms with Gasteiger partial charge in [0, 0.05) is 43.1 Å². The summed E-state index contributed by atoms with van der Waals surface area (Å²) in [5, 5.41) is 3.39. The Morgan fingerprint density at radius 3 is 2.70 bits per heavy atom. The SMILES string of the molecule is O=C(CSc1nc(=O)n(CCN2CCOCC2)c2c1CCC2)Nc1ccc(F)cc1. The Balaban J connectivity index is 1.40. The summed E-state index contributed by atoms with van der Waals surface area (Å²) in [4.78, 5) is 31.5. The number of rotatable bonds is 7. The molecular formula is C21H25FN4O3S. The van der Waals surface area contributed by atoms with Gasteiger partial charge in [-0.1, -0.05) is 11.8 Å². The zero-order valence-electron chi connectivity index (χ0n) is 16.7. The Morgan fingerprint density at radius 2 is 1.93 bits per heavy atom. The number of carbonyl (C=O) groups excluding carboxylic acids is 1. The van der Waals surface area contributed by atoms with Gasteiger partial charge in [0.05, 0.1) is 19.0 Å². The molecule has 1 aliphatic carbocycles. The maximum atomic E-state index is 13.0. The summed E-state index contributed by atoms with van der Waals surface area (Å²) in [5.74, 6) is -0.415. The maximum Gasteiger partial charge on any atom is 0.348 e. The largest absolute Gasteiger partial charge is 0.379 e. The molecule has 0 atom stereocenters. The van der Waals surface area contributed by atoms with Crippen LogP contribution in [0.3, 0.4) is 0 Å². The number of nitrogens with one attached hydrogen (secondary N) is 1. The number of anilines is 1. The fourth-order valence-electron chi connectivity index (χ4n) is 3.87. The van der Waals surface area contributed by atoms with Crippen molar-refractivity contribution in [3.63, 3.8) is 0 Å². The molecule has 1 fully saturated rings. The molecule has 1 aromatic heterocycles. The Bertz CT molecular complexity index is 958. The van der Waals surface area contributed by atoms with Crippen molar-refractivity contribution in [2.75, 3.05) is 43.9 Å². The van der Waals surface area contributed by atoms with E-state index in [0.29, 0.717) is 17.3 Å². The summed E-state index contributed by atoms with van der Waals surface area (Å²) in [7, 11) is 0. The van der Waals surface area contributed by atoms with Crippen LogP contribution in [0.4, 0.5) is 10.1 Å². The van der Waals surface area contributed by atoms with Crippen molar-refractivity contribution >= 4 is 23.4 Å². The Morgan fingerprint density at radius 1 is 1.17 bits per heavy atom. The van der Waals surface area contributed by atoms with Gasteiger partial charge >= 0.3 is 5.69 Å². The number of carbonyl (C=O) groups is 1. The van der Waals surface area contributed by atoms with Gasteiger partial charge in [-0.2, -0.15) is 4.98 Å². The molecule has 30 heavy (non-hydrogen) atoms. The van der Waals surface area contributed by atoms with E-state index in [1.54, 1.807) is 4.57 Å². The molecule has 160 valence electrons. The third-order valence-electron chi connectivity index (χ3n) is 5.41. The fourth-order valence-corrected chi connectivity index (χ4v) is 4.74. The number of hydrogen-bond acceptors (Lipinski definition) is 6. The molecule has 2 aliphatic rings. The molecule has 1 aliphatic heterocycles. The van der Waals surface area contributed by atoms with Gasteiger partial charge in [-0.15, -0.1) is 0 Å². The lowest BCUT2D eigenvalue weighted by Crippen LogP contribution is -2.40. The highest BCUT2D eigenvalue weighted by molar-refractivity contribution is 8.00. The van der Waals surface area contributed by atoms with Crippen molar-refractivity contribution in [3.8, 4) is 0 Å². The van der Waals surface area contributed by atoms with Gasteiger partial charge in [0.1, 0.15) is 10.8 Å². The van der Waals surface area contributed by atoms with Crippen molar-refractivity contribution in [1.82, 2.24) is 14.5 Å². The minimum atomic E-state index is -0.351. The van der Waals surface area contributed by atoms with Crippen molar-refractivity contribution < 1.29 is 13.9 Å². The lowest BCUT2D eigenvalue weighted by molar-refractivity contribution is -0.113. The topological polar surface area (TPSA) is 76.5 Å². The number of fused-ring (bicyclic) bond motifs is 1. The van der Waals surface area contributed by atoms with Crippen LogP contribution in [-0.2, 0) is 28.9 Å². The molecule has 2 aromatic rings. The summed E-state index contributed by atoms with van der Waals surface area (Å²) in [6.45, 7) is 4.69. The molecule has 9 heteroatoms. The minimum Gasteiger partial charge on any atom is -0.379 e. The summed E-state index contributed by atoms with van der Waals surface area (Å²) < 4.78 is 20.2. The van der Waals surface area contributed by atoms with E-state index in [1.807, 2.05) is 0 Å². The molecule has 0 radical (unpaired) electrons. The molecule has 1 amide bonds. The minimum absolute atomic E-state index is 0.147. The fraction of sp³-hybridized carbons (Fsp3) is 0.476. The zero-order valence-corrected chi connectivity index (χ0v) is 17.5. The van der Waals surface area contributed by atoms with Crippen LogP contribution in [0.2, 0.25) is 0 Å². The van der Waals surface area contributed by atoms with Gasteiger partial charge in [0.2, 0.25) is 5.91 Å². The molecular weight excluding hydrogens is 407 g/mol. The summed E-state index contributed by atoms with van der Waals surface area (Å²) >= 11 is 1.29. The molecule has 1 saturated heterocycles. The van der Waals surface area contributed by atoms with Crippen molar-refractivity contribution in [2.45, 2.75) is 30.8 Å². The molecule has 4 rings (SSSR count). The van der Waals surface area contributed by atoms with E-state index in [9.17, 15) is 14.0 Å². The Kier molecular flexibility index (Phi) is 6.81. The first-order chi connectivity index (χ1) is 14.6. The quantitative estimate of drug-likeness (QED) is 0.532. The van der Waals surface area contributed by atoms with E-state index < -0.39 is 0 Å². The molecule has 7 nitrogen and oxygen atoms in total. The van der Waals surface area contributed by atoms with Gasteiger partial charge < -0.3 is 10.1 Å². The third-order valence-corrected chi connectivity index (χ3v) is 6.43. The number of halogens is 1. The standard InChI is InChI=1S/C21H25FN4O3S/c22-15-4-6-16(7-5-15)23-19(27)14-30-20-17-2-1-3-18(17)26(21(28)24-20)9-8-25-10-12-29-13-11-25/h4-7H,1-3,8-14H2,(H,23,27). The second kappa shape index (κ2) is 9.72. The lowest BCUT2D eigenvalue weighted by Gasteiger charge is -2.27. The van der Waals surface area contributed by atoms with Crippen molar-refractivity contribution in [1.29, 1.82) is 0 Å². The maximum absolute atomic E-state index is 13.0. The van der Waals surface area contributed by atoms with E-state index >= 15 is 0 Å². The zero-order chi connectivity index (χ0) is 20.9. The predicted molar refractivity (Wildman–Crippen MR) is 114 cm³/mol. The second-order valence-electron chi connectivity index (χ2n) is 7.43. The second-order valence-corrected chi connectivity index (χ2v) is 8.39. The number of benzene rings is 1. The molecule has 0 unspecified atom stereocenters. The van der Waals surface area contributed by atoms with Gasteiger partial charge in [-0.25, -0.2) is 9.18 Å². The van der Waals surface area contributed by atoms with Gasteiger partial charge in [-0.3, -0.25) is 14.3 Å². The van der Waals surface area contributed by atoms with Crippen molar-refractivity contribution in [3.05, 3.63) is 51.8 Å². The van der Waals surface area contributed by atoms with E-state index in [0.717, 1.165) is 63.4 Å². The number of ether oxygens (including phenoxy) is 1. The summed E-state index contributed by atoms with van der Waals surface area (Å²) in [6.07, 6.45) is 2.74. The average molecular weight is 433 g/mol. The molecule has 0 saturated carbocycles. The smallest absolute Gasteiger partial charge is 0.348 e. The van der Waals surface area contributed by atoms with Crippen LogP contribution < -0.4 is 11.0 Å². The van der Waals surface area contributed by atoms with Crippen LogP contribution in [0.5, 0.6) is 0 Å². The van der Waals surface area contributed by atoms with Crippen LogP contribution in [0, 0.1) is 5.82 Å². The molecule has 1 N–H and O–H groups in total. The molecule has 0 spiro atoms. The van der Waals surface area contributed by atoms with E-state index in [2.05, 4.69) is 15.2 Å². The highest BCUT2D eigenvalue weighted by Crippen LogP contribution is 2.29.